The number of ketones is 1. The Morgan fingerprint density at radius 3 is 2.40 bits per heavy atom. The van der Waals surface area contributed by atoms with E-state index in [0.29, 0.717) is 23.5 Å². The minimum absolute atomic E-state index is 0.00238. The maximum atomic E-state index is 12.9. The van der Waals surface area contributed by atoms with E-state index in [9.17, 15) is 14.7 Å². The number of nitrogens with zero attached hydrogens (tertiary/aromatic N) is 2. The number of likely N-dealkylation sites (tertiary alicyclic amines) is 1. The molecule has 1 aromatic heterocycles. The average Bonchev–Trinajstić information content (AvgIpc) is 2.99. The highest BCUT2D eigenvalue weighted by Crippen LogP contribution is 2.39. The van der Waals surface area contributed by atoms with E-state index in [0.717, 1.165) is 0 Å². The first-order chi connectivity index (χ1) is 14.4. The second-order valence-electron chi connectivity index (χ2n) is 7.15. The smallest absolute Gasteiger partial charge is 0.295 e. The fourth-order valence-corrected chi connectivity index (χ4v) is 3.42. The van der Waals surface area contributed by atoms with Crippen LogP contribution in [0.4, 0.5) is 0 Å². The summed E-state index contributed by atoms with van der Waals surface area (Å²) >= 11 is 0. The van der Waals surface area contributed by atoms with Crippen LogP contribution >= 0.6 is 0 Å². The van der Waals surface area contributed by atoms with Gasteiger partial charge >= 0.3 is 0 Å². The topological polar surface area (TPSA) is 89.0 Å². The van der Waals surface area contributed by atoms with Crippen LogP contribution in [0.2, 0.25) is 0 Å². The number of carbonyl (C=O) groups is 2. The molecular formula is C23H26N2O5. The molecule has 7 nitrogen and oxygen atoms in total. The van der Waals surface area contributed by atoms with Crippen molar-refractivity contribution in [3.8, 4) is 5.75 Å². The van der Waals surface area contributed by atoms with Crippen LogP contribution in [-0.4, -0.2) is 52.5 Å². The van der Waals surface area contributed by atoms with Crippen molar-refractivity contribution < 1.29 is 24.2 Å². The van der Waals surface area contributed by atoms with Gasteiger partial charge in [0.25, 0.3) is 11.7 Å². The monoisotopic (exact) mass is 410 g/mol. The van der Waals surface area contributed by atoms with E-state index in [4.69, 9.17) is 9.47 Å². The number of ether oxygens (including phenoxy) is 2. The lowest BCUT2D eigenvalue weighted by molar-refractivity contribution is -0.140. The summed E-state index contributed by atoms with van der Waals surface area (Å²) in [5.74, 6) is -0.901. The molecule has 3 rings (SSSR count). The quantitative estimate of drug-likeness (QED) is 0.408. The maximum Gasteiger partial charge on any atom is 0.295 e. The second-order valence-corrected chi connectivity index (χ2v) is 7.15. The Morgan fingerprint density at radius 1 is 1.13 bits per heavy atom. The van der Waals surface area contributed by atoms with E-state index in [1.807, 2.05) is 20.8 Å². The molecule has 1 saturated heterocycles. The third-order valence-electron chi connectivity index (χ3n) is 4.78. The van der Waals surface area contributed by atoms with Gasteiger partial charge in [0.15, 0.2) is 0 Å². The molecule has 1 aromatic carbocycles. The average molecular weight is 410 g/mol. The Kier molecular flexibility index (Phi) is 6.84. The third-order valence-corrected chi connectivity index (χ3v) is 4.78. The first-order valence-electron chi connectivity index (χ1n) is 9.97. The summed E-state index contributed by atoms with van der Waals surface area (Å²) in [6.45, 7) is 6.75. The van der Waals surface area contributed by atoms with Crippen molar-refractivity contribution in [1.29, 1.82) is 0 Å². The Hall–Kier alpha value is -3.19. The number of pyridine rings is 1. The van der Waals surface area contributed by atoms with Crippen LogP contribution < -0.4 is 4.74 Å². The predicted octanol–water partition coefficient (Wildman–Crippen LogP) is 3.33. The number of benzene rings is 1. The molecule has 0 aliphatic carbocycles. The minimum Gasteiger partial charge on any atom is -0.507 e. The van der Waals surface area contributed by atoms with E-state index in [2.05, 4.69) is 4.98 Å². The van der Waals surface area contributed by atoms with Gasteiger partial charge < -0.3 is 19.5 Å². The molecule has 2 heterocycles. The molecule has 1 aliphatic heterocycles. The Morgan fingerprint density at radius 2 is 1.80 bits per heavy atom. The summed E-state index contributed by atoms with van der Waals surface area (Å²) in [5, 5.41) is 10.9. The van der Waals surface area contributed by atoms with Gasteiger partial charge in [-0.15, -0.1) is 0 Å². The van der Waals surface area contributed by atoms with Crippen molar-refractivity contribution in [3.63, 3.8) is 0 Å². The number of aliphatic hydroxyl groups excluding tert-OH is 1. The fourth-order valence-electron chi connectivity index (χ4n) is 3.42. The molecule has 1 amide bonds. The van der Waals surface area contributed by atoms with E-state index < -0.39 is 17.7 Å². The van der Waals surface area contributed by atoms with Crippen LogP contribution in [0.1, 0.15) is 37.9 Å². The highest BCUT2D eigenvalue weighted by molar-refractivity contribution is 6.46. The lowest BCUT2D eigenvalue weighted by Gasteiger charge is -2.25. The van der Waals surface area contributed by atoms with Crippen molar-refractivity contribution >= 4 is 17.4 Å². The summed E-state index contributed by atoms with van der Waals surface area (Å²) in [6.07, 6.45) is 3.05. The molecule has 1 fully saturated rings. The van der Waals surface area contributed by atoms with Gasteiger partial charge in [-0.1, -0.05) is 12.1 Å². The highest BCUT2D eigenvalue weighted by atomic mass is 16.5. The molecule has 1 aliphatic rings. The maximum absolute atomic E-state index is 12.9. The number of carbonyl (C=O) groups excluding carboxylic acids is 2. The zero-order valence-electron chi connectivity index (χ0n) is 17.4. The molecule has 0 radical (unpaired) electrons. The van der Waals surface area contributed by atoms with Crippen molar-refractivity contribution in [2.45, 2.75) is 32.9 Å². The molecule has 158 valence electrons. The van der Waals surface area contributed by atoms with Gasteiger partial charge in [-0.05, 0) is 50.6 Å². The van der Waals surface area contributed by atoms with Crippen molar-refractivity contribution in [2.24, 2.45) is 0 Å². The van der Waals surface area contributed by atoms with Gasteiger partial charge in [-0.2, -0.15) is 0 Å². The van der Waals surface area contributed by atoms with Crippen molar-refractivity contribution in [3.05, 3.63) is 65.5 Å². The second kappa shape index (κ2) is 9.54. The standard InChI is InChI=1S/C23H26N2O5/c1-4-29-18-7-5-16(6-8-18)20-19(21(26)17-9-11-24-12-10-17)22(27)23(28)25(20)13-14-30-15(2)3/h5-12,15,20,26H,4,13-14H2,1-3H3/b21-19-. The summed E-state index contributed by atoms with van der Waals surface area (Å²) in [4.78, 5) is 31.1. The Labute approximate surface area is 175 Å². The lowest BCUT2D eigenvalue weighted by Crippen LogP contribution is -2.33. The van der Waals surface area contributed by atoms with Crippen LogP contribution in [0.15, 0.2) is 54.4 Å². The molecule has 0 saturated carbocycles. The van der Waals surface area contributed by atoms with Gasteiger partial charge in [0.2, 0.25) is 0 Å². The number of aliphatic hydroxyl groups is 1. The van der Waals surface area contributed by atoms with E-state index >= 15 is 0 Å². The molecular weight excluding hydrogens is 384 g/mol. The summed E-state index contributed by atoms with van der Waals surface area (Å²) < 4.78 is 11.1. The van der Waals surface area contributed by atoms with Crippen LogP contribution in [0.5, 0.6) is 5.75 Å². The molecule has 1 unspecified atom stereocenters. The number of hydrogen-bond donors (Lipinski definition) is 1. The van der Waals surface area contributed by atoms with Crippen LogP contribution in [0.3, 0.4) is 0 Å². The number of Topliss-reactive ketones (excluding diaryl/α,β-unsaturated/α-hetero) is 1. The van der Waals surface area contributed by atoms with E-state index in [1.165, 1.54) is 17.3 Å². The highest BCUT2D eigenvalue weighted by Gasteiger charge is 2.45. The molecule has 1 N–H and O–H groups in total. The molecule has 1 atom stereocenters. The Balaban J connectivity index is 2.05. The van der Waals surface area contributed by atoms with Gasteiger partial charge in [0, 0.05) is 24.5 Å². The van der Waals surface area contributed by atoms with Crippen LogP contribution in [0.25, 0.3) is 5.76 Å². The largest absolute Gasteiger partial charge is 0.507 e. The van der Waals surface area contributed by atoms with Crippen LogP contribution in [0, 0.1) is 0 Å². The van der Waals surface area contributed by atoms with Crippen molar-refractivity contribution in [1.82, 2.24) is 9.88 Å². The fraction of sp³-hybridized carbons (Fsp3) is 0.348. The summed E-state index contributed by atoms with van der Waals surface area (Å²) in [7, 11) is 0. The zero-order chi connectivity index (χ0) is 21.7. The SMILES string of the molecule is CCOc1ccc(C2/C(=C(/O)c3ccncc3)C(=O)C(=O)N2CCOC(C)C)cc1. The van der Waals surface area contributed by atoms with Gasteiger partial charge in [-0.3, -0.25) is 14.6 Å². The van der Waals surface area contributed by atoms with Gasteiger partial charge in [0.05, 0.1) is 30.9 Å². The zero-order valence-corrected chi connectivity index (χ0v) is 17.4. The van der Waals surface area contributed by atoms with Gasteiger partial charge in [0.1, 0.15) is 11.5 Å². The van der Waals surface area contributed by atoms with Crippen molar-refractivity contribution in [2.75, 3.05) is 19.8 Å². The van der Waals surface area contributed by atoms with E-state index in [-0.39, 0.29) is 30.6 Å². The predicted molar refractivity (Wildman–Crippen MR) is 112 cm³/mol. The number of amides is 1. The summed E-state index contributed by atoms with van der Waals surface area (Å²) in [6, 6.07) is 9.66. The number of rotatable bonds is 8. The van der Waals surface area contributed by atoms with Gasteiger partial charge in [-0.25, -0.2) is 0 Å². The molecule has 7 heteroatoms. The number of hydrogen-bond acceptors (Lipinski definition) is 6. The lowest BCUT2D eigenvalue weighted by atomic mass is 9.95. The molecule has 0 bridgehead atoms. The normalized spacial score (nSPS) is 18.3. The summed E-state index contributed by atoms with van der Waals surface area (Å²) in [5.41, 5.74) is 1.19. The Bertz CT molecular complexity index is 922. The molecule has 30 heavy (non-hydrogen) atoms. The van der Waals surface area contributed by atoms with Crippen LogP contribution in [-0.2, 0) is 14.3 Å². The third kappa shape index (κ3) is 4.52. The van der Waals surface area contributed by atoms with E-state index in [1.54, 1.807) is 36.4 Å². The first kappa shape index (κ1) is 21.5. The first-order valence-corrected chi connectivity index (χ1v) is 9.97. The molecule has 0 spiro atoms. The number of aromatic nitrogens is 1. The minimum atomic E-state index is -0.718. The molecule has 2 aromatic rings.